The summed E-state index contributed by atoms with van der Waals surface area (Å²) in [6, 6.07) is 11.3. The molecule has 0 aliphatic carbocycles. The van der Waals surface area contributed by atoms with Gasteiger partial charge in [0.25, 0.3) is 0 Å². The molecule has 1 aromatic heterocycles. The number of halogens is 1. The zero-order chi connectivity index (χ0) is 20.1. The van der Waals surface area contributed by atoms with Crippen molar-refractivity contribution in [1.82, 2.24) is 14.5 Å². The minimum absolute atomic E-state index is 0.0260. The minimum atomic E-state index is -4.07. The summed E-state index contributed by atoms with van der Waals surface area (Å²) >= 11 is 0. The maximum absolute atomic E-state index is 14.2. The van der Waals surface area contributed by atoms with Crippen LogP contribution in [0.2, 0.25) is 0 Å². The van der Waals surface area contributed by atoms with E-state index in [2.05, 4.69) is 9.82 Å². The number of ether oxygens (including phenoxy) is 2. The van der Waals surface area contributed by atoms with Gasteiger partial charge in [-0.1, -0.05) is 24.3 Å². The Kier molecular flexibility index (Phi) is 5.96. The van der Waals surface area contributed by atoms with Gasteiger partial charge in [-0.25, -0.2) is 17.5 Å². The van der Waals surface area contributed by atoms with Crippen molar-refractivity contribution in [3.8, 4) is 11.5 Å². The molecule has 3 rings (SSSR count). The number of hydrogen-bond donors (Lipinski definition) is 1. The zero-order valence-electron chi connectivity index (χ0n) is 15.4. The fourth-order valence-electron chi connectivity index (χ4n) is 2.64. The predicted molar refractivity (Wildman–Crippen MR) is 101 cm³/mol. The van der Waals surface area contributed by atoms with Gasteiger partial charge < -0.3 is 9.47 Å². The lowest BCUT2D eigenvalue weighted by molar-refractivity contribution is 0.350. The number of sulfonamides is 1. The molecule has 0 bridgehead atoms. The molecule has 0 unspecified atom stereocenters. The summed E-state index contributed by atoms with van der Waals surface area (Å²) in [6.07, 6.45) is 3.57. The van der Waals surface area contributed by atoms with Crippen molar-refractivity contribution in [2.45, 2.75) is 18.0 Å². The number of nitrogens with one attached hydrogen (secondary N) is 1. The molecule has 0 atom stereocenters. The standard InChI is InChI=1S/C19H20FN3O4S/c1-26-17-10-16(20)19(11-18(17)27-2)28(24,25)22-12-14-4-6-15(7-5-14)13-23-9-3-8-21-23/h3-11,22H,12-13H2,1-2H3. The molecule has 3 aromatic rings. The molecule has 0 saturated carbocycles. The highest BCUT2D eigenvalue weighted by atomic mass is 32.2. The first-order chi connectivity index (χ1) is 13.4. The van der Waals surface area contributed by atoms with Crippen LogP contribution in [0.3, 0.4) is 0 Å². The lowest BCUT2D eigenvalue weighted by Gasteiger charge is -2.12. The molecule has 0 saturated heterocycles. The largest absolute Gasteiger partial charge is 0.493 e. The Morgan fingerprint density at radius 3 is 2.32 bits per heavy atom. The van der Waals surface area contributed by atoms with Crippen LogP contribution < -0.4 is 14.2 Å². The topological polar surface area (TPSA) is 82.5 Å². The van der Waals surface area contributed by atoms with Gasteiger partial charge in [0.05, 0.1) is 20.8 Å². The molecule has 9 heteroatoms. The van der Waals surface area contributed by atoms with E-state index in [1.165, 1.54) is 14.2 Å². The first-order valence-corrected chi connectivity index (χ1v) is 9.87. The smallest absolute Gasteiger partial charge is 0.243 e. The lowest BCUT2D eigenvalue weighted by Crippen LogP contribution is -2.24. The van der Waals surface area contributed by atoms with Crippen LogP contribution in [0.4, 0.5) is 4.39 Å². The third-order valence-electron chi connectivity index (χ3n) is 4.12. The molecule has 0 fully saturated rings. The molecule has 1 heterocycles. The normalized spacial score (nSPS) is 11.4. The molecule has 28 heavy (non-hydrogen) atoms. The van der Waals surface area contributed by atoms with Gasteiger partial charge in [0, 0.05) is 31.1 Å². The second-order valence-electron chi connectivity index (χ2n) is 5.98. The molecule has 0 spiro atoms. The molecule has 1 N–H and O–H groups in total. The number of nitrogens with zero attached hydrogens (tertiary/aromatic N) is 2. The Labute approximate surface area is 162 Å². The summed E-state index contributed by atoms with van der Waals surface area (Å²) in [5.74, 6) is -0.668. The van der Waals surface area contributed by atoms with Crippen LogP contribution in [0.25, 0.3) is 0 Å². The van der Waals surface area contributed by atoms with Crippen LogP contribution >= 0.6 is 0 Å². The highest BCUT2D eigenvalue weighted by Crippen LogP contribution is 2.31. The molecule has 0 aliphatic heterocycles. The zero-order valence-corrected chi connectivity index (χ0v) is 16.2. The maximum Gasteiger partial charge on any atom is 0.243 e. The quantitative estimate of drug-likeness (QED) is 0.623. The summed E-state index contributed by atoms with van der Waals surface area (Å²) in [7, 11) is -1.37. The van der Waals surface area contributed by atoms with Gasteiger partial charge in [0.15, 0.2) is 11.5 Å². The van der Waals surface area contributed by atoms with Crippen molar-refractivity contribution >= 4 is 10.0 Å². The van der Waals surface area contributed by atoms with E-state index in [1.807, 2.05) is 36.5 Å². The molecule has 0 radical (unpaired) electrons. The summed E-state index contributed by atoms with van der Waals surface area (Å²) in [5.41, 5.74) is 1.77. The second kappa shape index (κ2) is 8.41. The van der Waals surface area contributed by atoms with Gasteiger partial charge in [-0.2, -0.15) is 5.10 Å². The number of aromatic nitrogens is 2. The van der Waals surface area contributed by atoms with Crippen LogP contribution in [-0.2, 0) is 23.1 Å². The Hall–Kier alpha value is -2.91. The van der Waals surface area contributed by atoms with Crippen molar-refractivity contribution < 1.29 is 22.3 Å². The Morgan fingerprint density at radius 2 is 1.71 bits per heavy atom. The van der Waals surface area contributed by atoms with Crippen LogP contribution in [0, 0.1) is 5.82 Å². The summed E-state index contributed by atoms with van der Waals surface area (Å²) in [6.45, 7) is 0.647. The van der Waals surface area contributed by atoms with Gasteiger partial charge in [0.1, 0.15) is 10.7 Å². The number of hydrogen-bond acceptors (Lipinski definition) is 5. The second-order valence-corrected chi connectivity index (χ2v) is 7.72. The fourth-order valence-corrected chi connectivity index (χ4v) is 3.73. The van der Waals surface area contributed by atoms with Crippen LogP contribution in [-0.4, -0.2) is 32.4 Å². The molecule has 0 amide bonds. The summed E-state index contributed by atoms with van der Waals surface area (Å²) in [4.78, 5) is -0.500. The highest BCUT2D eigenvalue weighted by Gasteiger charge is 2.22. The third kappa shape index (κ3) is 4.49. The number of benzene rings is 2. The first-order valence-electron chi connectivity index (χ1n) is 8.39. The minimum Gasteiger partial charge on any atom is -0.493 e. The average Bonchev–Trinajstić information content (AvgIpc) is 3.20. The van der Waals surface area contributed by atoms with E-state index in [4.69, 9.17) is 9.47 Å². The monoisotopic (exact) mass is 405 g/mol. The molecule has 7 nitrogen and oxygen atoms in total. The fraction of sp³-hybridized carbons (Fsp3) is 0.211. The molecule has 148 valence electrons. The Morgan fingerprint density at radius 1 is 1.07 bits per heavy atom. The van der Waals surface area contributed by atoms with Crippen molar-refractivity contribution in [3.05, 3.63) is 71.8 Å². The van der Waals surface area contributed by atoms with Crippen LogP contribution in [0.1, 0.15) is 11.1 Å². The van der Waals surface area contributed by atoms with E-state index >= 15 is 0 Å². The van der Waals surface area contributed by atoms with Gasteiger partial charge in [-0.3, -0.25) is 4.68 Å². The first kappa shape index (κ1) is 19.8. The maximum atomic E-state index is 14.2. The predicted octanol–water partition coefficient (Wildman–Crippen LogP) is 2.57. The molecular formula is C19H20FN3O4S. The summed E-state index contributed by atoms with van der Waals surface area (Å²) < 4.78 is 53.5. The summed E-state index contributed by atoms with van der Waals surface area (Å²) in [5, 5.41) is 4.14. The van der Waals surface area contributed by atoms with E-state index in [-0.39, 0.29) is 18.0 Å². The van der Waals surface area contributed by atoms with E-state index in [0.29, 0.717) is 6.54 Å². The molecule has 0 aliphatic rings. The Balaban J connectivity index is 1.71. The van der Waals surface area contributed by atoms with Gasteiger partial charge in [-0.15, -0.1) is 0 Å². The van der Waals surface area contributed by atoms with Crippen LogP contribution in [0.5, 0.6) is 11.5 Å². The van der Waals surface area contributed by atoms with Gasteiger partial charge in [0.2, 0.25) is 10.0 Å². The van der Waals surface area contributed by atoms with Crippen molar-refractivity contribution in [2.75, 3.05) is 14.2 Å². The Bertz CT molecular complexity index is 1040. The van der Waals surface area contributed by atoms with Crippen molar-refractivity contribution in [1.29, 1.82) is 0 Å². The van der Waals surface area contributed by atoms with Gasteiger partial charge in [-0.05, 0) is 17.2 Å². The van der Waals surface area contributed by atoms with Gasteiger partial charge >= 0.3 is 0 Å². The number of rotatable bonds is 8. The third-order valence-corrected chi connectivity index (χ3v) is 5.54. The average molecular weight is 405 g/mol. The SMILES string of the molecule is COc1cc(F)c(S(=O)(=O)NCc2ccc(Cn3cccn3)cc2)cc1OC. The molecule has 2 aromatic carbocycles. The highest BCUT2D eigenvalue weighted by molar-refractivity contribution is 7.89. The van der Waals surface area contributed by atoms with Crippen molar-refractivity contribution in [3.63, 3.8) is 0 Å². The number of methoxy groups -OCH3 is 2. The van der Waals surface area contributed by atoms with E-state index in [1.54, 1.807) is 10.9 Å². The van der Waals surface area contributed by atoms with E-state index in [0.717, 1.165) is 23.3 Å². The van der Waals surface area contributed by atoms with Crippen molar-refractivity contribution in [2.24, 2.45) is 0 Å². The molecular weight excluding hydrogens is 385 g/mol. The van der Waals surface area contributed by atoms with E-state index < -0.39 is 20.7 Å². The lowest BCUT2D eigenvalue weighted by atomic mass is 10.1. The van der Waals surface area contributed by atoms with Crippen LogP contribution in [0.15, 0.2) is 59.8 Å². The van der Waals surface area contributed by atoms with E-state index in [9.17, 15) is 12.8 Å².